The normalized spacial score (nSPS) is 27.8. The van der Waals surface area contributed by atoms with Crippen molar-refractivity contribution in [1.29, 1.82) is 0 Å². The highest BCUT2D eigenvalue weighted by Gasteiger charge is 2.48. The van der Waals surface area contributed by atoms with E-state index in [1.54, 1.807) is 12.1 Å². The van der Waals surface area contributed by atoms with E-state index in [0.29, 0.717) is 28.4 Å². The van der Waals surface area contributed by atoms with Gasteiger partial charge in [0.2, 0.25) is 0 Å². The van der Waals surface area contributed by atoms with Gasteiger partial charge < -0.3 is 19.6 Å². The second-order valence-electron chi connectivity index (χ2n) is 11.3. The number of hydroxylamine groups is 1. The Morgan fingerprint density at radius 2 is 1.90 bits per heavy atom. The molecule has 1 aromatic heterocycles. The summed E-state index contributed by atoms with van der Waals surface area (Å²) in [6.45, 7) is -0.0231. The van der Waals surface area contributed by atoms with Crippen LogP contribution < -0.4 is 10.4 Å². The third kappa shape index (κ3) is 4.75. The van der Waals surface area contributed by atoms with Crippen LogP contribution in [0.2, 0.25) is 0 Å². The van der Waals surface area contributed by atoms with Crippen LogP contribution in [0.4, 0.5) is 22.7 Å². The van der Waals surface area contributed by atoms with E-state index in [-0.39, 0.29) is 47.4 Å². The molecule has 4 aliphatic rings. The summed E-state index contributed by atoms with van der Waals surface area (Å²) in [5, 5.41) is 9.93. The van der Waals surface area contributed by atoms with Crippen molar-refractivity contribution in [3.63, 3.8) is 0 Å². The number of anilines is 1. The number of carboxylic acids is 1. The predicted octanol–water partition coefficient (Wildman–Crippen LogP) is 6.39. The number of nitrogens with zero attached hydrogens (tertiary/aromatic N) is 2. The molecule has 216 valence electrons. The van der Waals surface area contributed by atoms with Gasteiger partial charge in [-0.25, -0.2) is 14.2 Å². The lowest BCUT2D eigenvalue weighted by molar-refractivity contribution is -0.139. The number of nitrogens with one attached hydrogen (secondary N) is 1. The van der Waals surface area contributed by atoms with Crippen molar-refractivity contribution < 1.29 is 37.0 Å². The Balaban J connectivity index is 1.12. The Morgan fingerprint density at radius 3 is 2.59 bits per heavy atom. The van der Waals surface area contributed by atoms with E-state index < -0.39 is 29.1 Å². The summed E-state index contributed by atoms with van der Waals surface area (Å²) in [6, 6.07) is 8.11. The fourth-order valence-corrected chi connectivity index (χ4v) is 7.62. The molecule has 4 heterocycles. The molecule has 41 heavy (non-hydrogen) atoms. The topological polar surface area (TPSA) is 83.9 Å². The first-order valence-electron chi connectivity index (χ1n) is 13.7. The highest BCUT2D eigenvalue weighted by atomic mass is 32.1. The second-order valence-corrected chi connectivity index (χ2v) is 12.4. The standard InChI is InChI=1S/C29H27F4N3O4S/c30-22-9-16(26(37)38)10-24-25(22)34-27(41-24)36-17-7-8-18(36)12-19(11-17)39-14-28(13-23(40-35-28)15-5-6-15)20-3-1-2-4-21(20)29(31,32)33/h1-4,9-10,13,15,17-19,35H,5-8,11-12,14H2,(H,37,38)/t17-,18+,19?,28?. The van der Waals surface area contributed by atoms with Crippen molar-refractivity contribution in [3.05, 3.63) is 70.7 Å². The van der Waals surface area contributed by atoms with Gasteiger partial charge >= 0.3 is 12.1 Å². The van der Waals surface area contributed by atoms with E-state index in [0.717, 1.165) is 37.8 Å². The zero-order chi connectivity index (χ0) is 28.5. The number of hydrogen-bond donors (Lipinski definition) is 2. The van der Waals surface area contributed by atoms with Crippen LogP contribution in [0, 0.1) is 11.7 Å². The fraction of sp³-hybridized carbons (Fsp3) is 0.448. The van der Waals surface area contributed by atoms with Crippen LogP contribution >= 0.6 is 11.3 Å². The number of aromatic nitrogens is 1. The number of hydrogen-bond acceptors (Lipinski definition) is 7. The maximum Gasteiger partial charge on any atom is 0.416 e. The van der Waals surface area contributed by atoms with Crippen molar-refractivity contribution in [2.45, 2.75) is 68.4 Å². The molecular formula is C29H27F4N3O4S. The largest absolute Gasteiger partial charge is 0.478 e. The van der Waals surface area contributed by atoms with Crippen LogP contribution in [-0.2, 0) is 21.3 Å². The zero-order valence-corrected chi connectivity index (χ0v) is 22.6. The van der Waals surface area contributed by atoms with Crippen molar-refractivity contribution in [2.75, 3.05) is 11.5 Å². The number of rotatable bonds is 7. The summed E-state index contributed by atoms with van der Waals surface area (Å²) in [5.74, 6) is -0.987. The number of carbonyl (C=O) groups is 1. The Hall–Kier alpha value is -3.22. The maximum atomic E-state index is 14.6. The van der Waals surface area contributed by atoms with Gasteiger partial charge in [-0.1, -0.05) is 29.5 Å². The molecule has 3 aliphatic heterocycles. The lowest BCUT2D eigenvalue weighted by Gasteiger charge is -2.40. The van der Waals surface area contributed by atoms with Gasteiger partial charge in [0, 0.05) is 18.0 Å². The highest BCUT2D eigenvalue weighted by molar-refractivity contribution is 7.22. The first-order valence-corrected chi connectivity index (χ1v) is 14.5. The lowest BCUT2D eigenvalue weighted by atomic mass is 9.86. The third-order valence-corrected chi connectivity index (χ3v) is 9.59. The van der Waals surface area contributed by atoms with E-state index in [9.17, 15) is 27.5 Å². The number of benzene rings is 2. The molecule has 2 saturated heterocycles. The number of piperidine rings is 1. The number of allylic oxidation sites excluding steroid dienone is 1. The van der Waals surface area contributed by atoms with Crippen LogP contribution in [0.25, 0.3) is 10.2 Å². The monoisotopic (exact) mass is 589 g/mol. The minimum absolute atomic E-state index is 0.0231. The molecule has 4 atom stereocenters. The molecule has 2 bridgehead atoms. The molecule has 1 aliphatic carbocycles. The third-order valence-electron chi connectivity index (χ3n) is 8.57. The van der Waals surface area contributed by atoms with Gasteiger partial charge in [-0.2, -0.15) is 13.2 Å². The molecule has 1 saturated carbocycles. The lowest BCUT2D eigenvalue weighted by Crippen LogP contribution is -2.48. The van der Waals surface area contributed by atoms with Crippen molar-refractivity contribution in [1.82, 2.24) is 10.5 Å². The second kappa shape index (κ2) is 9.67. The molecule has 0 radical (unpaired) electrons. The van der Waals surface area contributed by atoms with Crippen molar-refractivity contribution in [3.8, 4) is 0 Å². The number of aromatic carboxylic acids is 1. The van der Waals surface area contributed by atoms with E-state index in [1.807, 2.05) is 0 Å². The molecule has 2 aromatic carbocycles. The van der Waals surface area contributed by atoms with Gasteiger partial charge in [0.1, 0.15) is 16.8 Å². The van der Waals surface area contributed by atoms with Crippen molar-refractivity contribution in [2.24, 2.45) is 5.92 Å². The Bertz CT molecular complexity index is 1540. The fourth-order valence-electron chi connectivity index (χ4n) is 6.46. The first-order chi connectivity index (χ1) is 19.6. The Labute approximate surface area is 236 Å². The molecular weight excluding hydrogens is 562 g/mol. The van der Waals surface area contributed by atoms with E-state index >= 15 is 0 Å². The Morgan fingerprint density at radius 1 is 1.17 bits per heavy atom. The Kier molecular flexibility index (Phi) is 6.29. The summed E-state index contributed by atoms with van der Waals surface area (Å²) in [5.41, 5.74) is 1.01. The molecule has 3 fully saturated rings. The summed E-state index contributed by atoms with van der Waals surface area (Å²) in [4.78, 5) is 23.8. The number of carboxylic acid groups (broad SMARTS) is 1. The predicted molar refractivity (Wildman–Crippen MR) is 143 cm³/mol. The van der Waals surface area contributed by atoms with Crippen LogP contribution in [0.15, 0.2) is 48.2 Å². The van der Waals surface area contributed by atoms with Gasteiger partial charge in [-0.3, -0.25) is 0 Å². The van der Waals surface area contributed by atoms with Gasteiger partial charge in [-0.05, 0) is 68.4 Å². The van der Waals surface area contributed by atoms with E-state index in [1.165, 1.54) is 29.5 Å². The minimum Gasteiger partial charge on any atom is -0.478 e. The molecule has 0 amide bonds. The molecule has 3 aromatic rings. The van der Waals surface area contributed by atoms with Crippen LogP contribution in [-0.4, -0.2) is 40.9 Å². The number of ether oxygens (including phenoxy) is 1. The number of alkyl halides is 3. The van der Waals surface area contributed by atoms with Crippen molar-refractivity contribution >= 4 is 32.7 Å². The van der Waals surface area contributed by atoms with E-state index in [4.69, 9.17) is 9.57 Å². The molecule has 7 rings (SSSR count). The molecule has 12 heteroatoms. The van der Waals surface area contributed by atoms with Crippen LogP contribution in [0.3, 0.4) is 0 Å². The number of fused-ring (bicyclic) bond motifs is 3. The van der Waals surface area contributed by atoms with E-state index in [2.05, 4.69) is 15.4 Å². The summed E-state index contributed by atoms with van der Waals surface area (Å²) in [7, 11) is 0. The molecule has 0 spiro atoms. The maximum absolute atomic E-state index is 14.6. The molecule has 2 N–H and O–H groups in total. The number of halogens is 4. The summed E-state index contributed by atoms with van der Waals surface area (Å²) in [6.07, 6.45) is 1.99. The summed E-state index contributed by atoms with van der Waals surface area (Å²) >= 11 is 1.27. The minimum atomic E-state index is -4.53. The van der Waals surface area contributed by atoms with Gasteiger partial charge in [0.25, 0.3) is 0 Å². The first kappa shape index (κ1) is 26.7. The number of thiazole rings is 1. The van der Waals surface area contributed by atoms with Gasteiger partial charge in [0.15, 0.2) is 10.9 Å². The smallest absolute Gasteiger partial charge is 0.416 e. The average molecular weight is 590 g/mol. The zero-order valence-electron chi connectivity index (χ0n) is 21.8. The SMILES string of the molecule is O=C(O)c1cc(F)c2nc(N3[C@@H]4CC[C@H]3CC(OCC3(c5ccccc5C(F)(F)F)C=C(C5CC5)ON3)C4)sc2c1. The highest BCUT2D eigenvalue weighted by Crippen LogP contribution is 2.47. The molecule has 7 nitrogen and oxygen atoms in total. The van der Waals surface area contributed by atoms with Crippen LogP contribution in [0.5, 0.6) is 0 Å². The van der Waals surface area contributed by atoms with Gasteiger partial charge in [0.05, 0.1) is 28.5 Å². The summed E-state index contributed by atoms with van der Waals surface area (Å²) < 4.78 is 63.6. The van der Waals surface area contributed by atoms with Crippen LogP contribution in [0.1, 0.15) is 60.0 Å². The van der Waals surface area contributed by atoms with Gasteiger partial charge in [-0.15, -0.1) is 5.48 Å². The average Bonchev–Trinajstić information content (AvgIpc) is 3.45. The quantitative estimate of drug-likeness (QED) is 0.309. The molecule has 2 unspecified atom stereocenters.